The summed E-state index contributed by atoms with van der Waals surface area (Å²) in [4.78, 5) is 6.98. The van der Waals surface area contributed by atoms with E-state index in [2.05, 4.69) is 44.8 Å². The van der Waals surface area contributed by atoms with Gasteiger partial charge in [0.25, 0.3) is 0 Å². The molecule has 2 aromatic carbocycles. The van der Waals surface area contributed by atoms with E-state index in [4.69, 9.17) is 4.74 Å². The first-order valence-corrected chi connectivity index (χ1v) is 9.93. The summed E-state index contributed by atoms with van der Waals surface area (Å²) in [5.41, 5.74) is 3.10. The topological polar surface area (TPSA) is 48.9 Å². The number of nitrogens with one attached hydrogen (secondary N) is 2. The molecule has 0 atom stereocenters. The van der Waals surface area contributed by atoms with Gasteiger partial charge in [0.2, 0.25) is 0 Å². The zero-order chi connectivity index (χ0) is 19.6. The summed E-state index contributed by atoms with van der Waals surface area (Å²) >= 11 is 0. The Morgan fingerprint density at radius 3 is 2.48 bits per heavy atom. The van der Waals surface area contributed by atoms with Crippen LogP contribution in [0.4, 0.5) is 10.1 Å². The quantitative estimate of drug-likeness (QED) is 0.339. The maximum absolute atomic E-state index is 13.7. The van der Waals surface area contributed by atoms with Crippen LogP contribution < -0.4 is 15.5 Å². The fourth-order valence-electron chi connectivity index (χ4n) is 3.16. The van der Waals surface area contributed by atoms with E-state index >= 15 is 0 Å². The SMILES string of the molecule is CCNC(=NCc1ccc(N2CCOCC2)cc1)NCCc1ccccc1F.I. The number of halogens is 2. The molecule has 1 aliphatic rings. The summed E-state index contributed by atoms with van der Waals surface area (Å²) in [6.07, 6.45) is 0.616. The molecule has 158 valence electrons. The van der Waals surface area contributed by atoms with Gasteiger partial charge in [-0.3, -0.25) is 0 Å². The third-order valence-electron chi connectivity index (χ3n) is 4.72. The maximum Gasteiger partial charge on any atom is 0.191 e. The van der Waals surface area contributed by atoms with Gasteiger partial charge in [0.05, 0.1) is 19.8 Å². The second kappa shape index (κ2) is 12.6. The number of anilines is 1. The van der Waals surface area contributed by atoms with Gasteiger partial charge in [-0.2, -0.15) is 0 Å². The second-order valence-electron chi connectivity index (χ2n) is 6.73. The fourth-order valence-corrected chi connectivity index (χ4v) is 3.16. The number of ether oxygens (including phenoxy) is 1. The number of hydrogen-bond acceptors (Lipinski definition) is 3. The third-order valence-corrected chi connectivity index (χ3v) is 4.72. The molecule has 0 aliphatic carbocycles. The van der Waals surface area contributed by atoms with Crippen LogP contribution in [0.15, 0.2) is 53.5 Å². The van der Waals surface area contributed by atoms with Crippen LogP contribution in [-0.4, -0.2) is 45.4 Å². The summed E-state index contributed by atoms with van der Waals surface area (Å²) < 4.78 is 19.1. The van der Waals surface area contributed by atoms with Gasteiger partial charge in [0.1, 0.15) is 5.82 Å². The molecule has 1 aliphatic heterocycles. The molecule has 1 saturated heterocycles. The van der Waals surface area contributed by atoms with Gasteiger partial charge in [-0.1, -0.05) is 30.3 Å². The molecule has 2 N–H and O–H groups in total. The maximum atomic E-state index is 13.7. The Labute approximate surface area is 189 Å². The molecule has 0 bridgehead atoms. The van der Waals surface area contributed by atoms with Crippen molar-refractivity contribution in [3.63, 3.8) is 0 Å². The molecule has 0 saturated carbocycles. The minimum atomic E-state index is -0.161. The van der Waals surface area contributed by atoms with E-state index in [0.717, 1.165) is 44.4 Å². The predicted octanol–water partition coefficient (Wildman–Crippen LogP) is 3.58. The van der Waals surface area contributed by atoms with Gasteiger partial charge < -0.3 is 20.3 Å². The monoisotopic (exact) mass is 512 g/mol. The largest absolute Gasteiger partial charge is 0.378 e. The van der Waals surface area contributed by atoms with E-state index < -0.39 is 0 Å². The minimum absolute atomic E-state index is 0. The normalized spacial score (nSPS) is 14.3. The Bertz CT molecular complexity index is 764. The van der Waals surface area contributed by atoms with Crippen LogP contribution in [0.1, 0.15) is 18.1 Å². The van der Waals surface area contributed by atoms with E-state index in [0.29, 0.717) is 25.1 Å². The number of morpholine rings is 1. The van der Waals surface area contributed by atoms with Gasteiger partial charge in [-0.05, 0) is 42.7 Å². The van der Waals surface area contributed by atoms with Crippen molar-refractivity contribution in [1.82, 2.24) is 10.6 Å². The lowest BCUT2D eigenvalue weighted by Gasteiger charge is -2.28. The minimum Gasteiger partial charge on any atom is -0.378 e. The molecule has 2 aromatic rings. The first-order chi connectivity index (χ1) is 13.8. The molecule has 7 heteroatoms. The summed E-state index contributed by atoms with van der Waals surface area (Å²) in [6.45, 7) is 7.49. The van der Waals surface area contributed by atoms with E-state index in [-0.39, 0.29) is 29.8 Å². The van der Waals surface area contributed by atoms with Crippen molar-refractivity contribution in [2.24, 2.45) is 4.99 Å². The molecule has 1 fully saturated rings. The van der Waals surface area contributed by atoms with Crippen LogP contribution in [0.2, 0.25) is 0 Å². The lowest BCUT2D eigenvalue weighted by atomic mass is 10.1. The van der Waals surface area contributed by atoms with Crippen molar-refractivity contribution < 1.29 is 9.13 Å². The van der Waals surface area contributed by atoms with E-state index in [1.165, 1.54) is 11.8 Å². The molecule has 0 spiro atoms. The Hall–Kier alpha value is -1.87. The molecule has 29 heavy (non-hydrogen) atoms. The van der Waals surface area contributed by atoms with Gasteiger partial charge in [0.15, 0.2) is 5.96 Å². The number of aliphatic imine (C=N–C) groups is 1. The zero-order valence-electron chi connectivity index (χ0n) is 16.9. The standard InChI is InChI=1S/C22H29FN4O.HI/c1-2-24-22(25-12-11-19-5-3-4-6-21(19)23)26-17-18-7-9-20(10-8-18)27-13-15-28-16-14-27;/h3-10H,2,11-17H2,1H3,(H2,24,25,26);1H. The summed E-state index contributed by atoms with van der Waals surface area (Å²) in [6, 6.07) is 15.4. The summed E-state index contributed by atoms with van der Waals surface area (Å²) in [5.74, 6) is 0.586. The second-order valence-corrected chi connectivity index (χ2v) is 6.73. The van der Waals surface area contributed by atoms with Crippen LogP contribution in [-0.2, 0) is 17.7 Å². The van der Waals surface area contributed by atoms with Crippen LogP contribution in [0.25, 0.3) is 0 Å². The molecule has 0 unspecified atom stereocenters. The zero-order valence-corrected chi connectivity index (χ0v) is 19.2. The highest BCUT2D eigenvalue weighted by molar-refractivity contribution is 14.0. The average molecular weight is 512 g/mol. The molecular formula is C22H30FIN4O. The van der Waals surface area contributed by atoms with Gasteiger partial charge >= 0.3 is 0 Å². The first kappa shape index (κ1) is 23.4. The molecule has 5 nitrogen and oxygen atoms in total. The third kappa shape index (κ3) is 7.47. The predicted molar refractivity (Wildman–Crippen MR) is 128 cm³/mol. The fraction of sp³-hybridized carbons (Fsp3) is 0.409. The smallest absolute Gasteiger partial charge is 0.191 e. The molecule has 0 aromatic heterocycles. The van der Waals surface area contributed by atoms with Crippen LogP contribution >= 0.6 is 24.0 Å². The lowest BCUT2D eigenvalue weighted by molar-refractivity contribution is 0.122. The van der Waals surface area contributed by atoms with Crippen LogP contribution in [0.3, 0.4) is 0 Å². The van der Waals surface area contributed by atoms with Gasteiger partial charge in [-0.15, -0.1) is 24.0 Å². The Kier molecular flexibility index (Phi) is 10.2. The molecular weight excluding hydrogens is 482 g/mol. The Morgan fingerprint density at radius 2 is 1.79 bits per heavy atom. The summed E-state index contributed by atoms with van der Waals surface area (Å²) in [7, 11) is 0. The van der Waals surface area contributed by atoms with Crippen molar-refractivity contribution in [1.29, 1.82) is 0 Å². The highest BCUT2D eigenvalue weighted by atomic mass is 127. The van der Waals surface area contributed by atoms with E-state index in [1.54, 1.807) is 6.07 Å². The highest BCUT2D eigenvalue weighted by Crippen LogP contribution is 2.17. The van der Waals surface area contributed by atoms with Crippen molar-refractivity contribution >= 4 is 35.6 Å². The van der Waals surface area contributed by atoms with Crippen molar-refractivity contribution in [3.05, 3.63) is 65.5 Å². The van der Waals surface area contributed by atoms with Gasteiger partial charge in [-0.25, -0.2) is 9.38 Å². The van der Waals surface area contributed by atoms with Crippen molar-refractivity contribution in [2.75, 3.05) is 44.3 Å². The van der Waals surface area contributed by atoms with Crippen LogP contribution in [0.5, 0.6) is 0 Å². The number of guanidine groups is 1. The number of nitrogens with zero attached hydrogens (tertiary/aromatic N) is 2. The van der Waals surface area contributed by atoms with E-state index in [1.807, 2.05) is 19.1 Å². The Morgan fingerprint density at radius 1 is 1.07 bits per heavy atom. The van der Waals surface area contributed by atoms with Crippen molar-refractivity contribution in [2.45, 2.75) is 19.9 Å². The molecule has 0 amide bonds. The van der Waals surface area contributed by atoms with E-state index in [9.17, 15) is 4.39 Å². The number of hydrogen-bond donors (Lipinski definition) is 2. The first-order valence-electron chi connectivity index (χ1n) is 9.93. The molecule has 0 radical (unpaired) electrons. The average Bonchev–Trinajstić information content (AvgIpc) is 2.74. The van der Waals surface area contributed by atoms with Gasteiger partial charge in [0, 0.05) is 31.9 Å². The Balaban J connectivity index is 0.00000300. The number of benzene rings is 2. The number of rotatable bonds is 7. The van der Waals surface area contributed by atoms with Crippen LogP contribution in [0, 0.1) is 5.82 Å². The molecule has 3 rings (SSSR count). The molecule has 1 heterocycles. The highest BCUT2D eigenvalue weighted by Gasteiger charge is 2.10. The summed E-state index contributed by atoms with van der Waals surface area (Å²) in [5, 5.41) is 6.52. The van der Waals surface area contributed by atoms with Crippen molar-refractivity contribution in [3.8, 4) is 0 Å². The lowest BCUT2D eigenvalue weighted by Crippen LogP contribution is -2.38.